The first-order valence-corrected chi connectivity index (χ1v) is 9.61. The smallest absolute Gasteiger partial charge is 0.308 e. The SMILES string of the molecule is CCOCCOC(=O)CC1C(=O)NCCN1C(=S)NC(=O)c1ccc([N+](=O)[O-])cc1. The summed E-state index contributed by atoms with van der Waals surface area (Å²) in [5.41, 5.74) is 0.0148. The zero-order chi connectivity index (χ0) is 22.1. The third-order valence-electron chi connectivity index (χ3n) is 4.21. The molecule has 1 aliphatic rings. The number of ether oxygens (including phenoxy) is 2. The largest absolute Gasteiger partial charge is 0.463 e. The first kappa shape index (κ1) is 23.2. The molecule has 1 aromatic rings. The highest BCUT2D eigenvalue weighted by Crippen LogP contribution is 2.13. The van der Waals surface area contributed by atoms with Crippen LogP contribution in [-0.4, -0.2) is 71.7 Å². The number of esters is 1. The zero-order valence-electron chi connectivity index (χ0n) is 16.3. The monoisotopic (exact) mass is 438 g/mol. The number of carbonyl (C=O) groups is 3. The van der Waals surface area contributed by atoms with E-state index < -0.39 is 28.7 Å². The first-order valence-electron chi connectivity index (χ1n) is 9.21. The number of nitrogens with zero attached hydrogens (tertiary/aromatic N) is 2. The Balaban J connectivity index is 1.98. The molecule has 0 aliphatic carbocycles. The fraction of sp³-hybridized carbons (Fsp3) is 0.444. The minimum Gasteiger partial charge on any atom is -0.463 e. The summed E-state index contributed by atoms with van der Waals surface area (Å²) < 4.78 is 10.1. The highest BCUT2D eigenvalue weighted by atomic mass is 32.1. The van der Waals surface area contributed by atoms with E-state index in [4.69, 9.17) is 21.7 Å². The quantitative estimate of drug-likeness (QED) is 0.194. The van der Waals surface area contributed by atoms with E-state index in [9.17, 15) is 24.5 Å². The number of nitrogens with one attached hydrogen (secondary N) is 2. The van der Waals surface area contributed by atoms with Crippen LogP contribution < -0.4 is 10.6 Å². The maximum absolute atomic E-state index is 12.4. The van der Waals surface area contributed by atoms with Gasteiger partial charge in [0.05, 0.1) is 18.0 Å². The molecule has 2 rings (SSSR count). The number of nitro benzene ring substituents is 1. The maximum atomic E-state index is 12.4. The van der Waals surface area contributed by atoms with Crippen molar-refractivity contribution in [2.24, 2.45) is 0 Å². The number of nitro groups is 1. The van der Waals surface area contributed by atoms with Crippen molar-refractivity contribution in [2.75, 3.05) is 32.9 Å². The Morgan fingerprint density at radius 1 is 1.33 bits per heavy atom. The normalized spacial score (nSPS) is 15.8. The Kier molecular flexibility index (Phi) is 8.62. The molecule has 1 heterocycles. The molecule has 30 heavy (non-hydrogen) atoms. The van der Waals surface area contributed by atoms with Crippen LogP contribution in [0.4, 0.5) is 5.69 Å². The van der Waals surface area contributed by atoms with Crippen molar-refractivity contribution in [3.8, 4) is 0 Å². The molecule has 0 aromatic heterocycles. The second-order valence-electron chi connectivity index (χ2n) is 6.18. The number of thiocarbonyl (C=S) groups is 1. The summed E-state index contributed by atoms with van der Waals surface area (Å²) >= 11 is 5.26. The fourth-order valence-electron chi connectivity index (χ4n) is 2.71. The van der Waals surface area contributed by atoms with E-state index >= 15 is 0 Å². The van der Waals surface area contributed by atoms with Crippen LogP contribution in [-0.2, 0) is 19.1 Å². The summed E-state index contributed by atoms with van der Waals surface area (Å²) in [5.74, 6) is -1.58. The van der Waals surface area contributed by atoms with Crippen molar-refractivity contribution in [2.45, 2.75) is 19.4 Å². The van der Waals surface area contributed by atoms with E-state index in [1.807, 2.05) is 6.92 Å². The van der Waals surface area contributed by atoms with Gasteiger partial charge in [0.25, 0.3) is 11.6 Å². The van der Waals surface area contributed by atoms with Crippen LogP contribution in [0.25, 0.3) is 0 Å². The van der Waals surface area contributed by atoms with Gasteiger partial charge >= 0.3 is 5.97 Å². The number of amides is 2. The number of hydrogen-bond donors (Lipinski definition) is 2. The van der Waals surface area contributed by atoms with E-state index in [0.717, 1.165) is 0 Å². The van der Waals surface area contributed by atoms with Crippen molar-refractivity contribution < 1.29 is 28.8 Å². The van der Waals surface area contributed by atoms with E-state index in [2.05, 4.69) is 10.6 Å². The third kappa shape index (κ3) is 6.46. The van der Waals surface area contributed by atoms with E-state index in [-0.39, 0.29) is 36.0 Å². The van der Waals surface area contributed by atoms with Crippen LogP contribution in [0.2, 0.25) is 0 Å². The third-order valence-corrected chi connectivity index (χ3v) is 4.54. The van der Waals surface area contributed by atoms with Crippen molar-refractivity contribution in [3.05, 3.63) is 39.9 Å². The van der Waals surface area contributed by atoms with Crippen LogP contribution in [0.15, 0.2) is 24.3 Å². The van der Waals surface area contributed by atoms with Gasteiger partial charge in [0.15, 0.2) is 5.11 Å². The molecule has 2 N–H and O–H groups in total. The predicted octanol–water partition coefficient (Wildman–Crippen LogP) is 0.380. The molecule has 1 saturated heterocycles. The summed E-state index contributed by atoms with van der Waals surface area (Å²) in [6.45, 7) is 3.23. The molecule has 12 heteroatoms. The van der Waals surface area contributed by atoms with Crippen LogP contribution in [0.1, 0.15) is 23.7 Å². The van der Waals surface area contributed by atoms with Gasteiger partial charge in [-0.2, -0.15) is 0 Å². The number of piperazine rings is 1. The lowest BCUT2D eigenvalue weighted by Crippen LogP contribution is -2.60. The molecule has 0 radical (unpaired) electrons. The number of rotatable bonds is 8. The molecule has 162 valence electrons. The molecule has 0 spiro atoms. The number of hydrogen-bond acceptors (Lipinski definition) is 8. The lowest BCUT2D eigenvalue weighted by atomic mass is 10.1. The molecule has 1 atom stereocenters. The van der Waals surface area contributed by atoms with Crippen molar-refractivity contribution in [1.82, 2.24) is 15.5 Å². The Bertz CT molecular complexity index is 815. The zero-order valence-corrected chi connectivity index (χ0v) is 17.1. The average Bonchev–Trinajstić information content (AvgIpc) is 2.72. The topological polar surface area (TPSA) is 140 Å². The molecule has 1 fully saturated rings. The van der Waals surface area contributed by atoms with Gasteiger partial charge in [0, 0.05) is 37.4 Å². The predicted molar refractivity (Wildman–Crippen MR) is 109 cm³/mol. The van der Waals surface area contributed by atoms with Gasteiger partial charge in [0.2, 0.25) is 5.91 Å². The van der Waals surface area contributed by atoms with Crippen LogP contribution in [0.3, 0.4) is 0 Å². The second-order valence-corrected chi connectivity index (χ2v) is 6.57. The minimum absolute atomic E-state index is 0.0275. The molecule has 1 aliphatic heterocycles. The molecular formula is C18H22N4O7S. The van der Waals surface area contributed by atoms with Gasteiger partial charge in [-0.05, 0) is 31.3 Å². The number of non-ortho nitro benzene ring substituents is 1. The summed E-state index contributed by atoms with van der Waals surface area (Å²) in [7, 11) is 0. The van der Waals surface area contributed by atoms with E-state index in [0.29, 0.717) is 19.7 Å². The average molecular weight is 438 g/mol. The highest BCUT2D eigenvalue weighted by molar-refractivity contribution is 7.80. The Morgan fingerprint density at radius 3 is 2.67 bits per heavy atom. The Morgan fingerprint density at radius 2 is 2.03 bits per heavy atom. The first-order chi connectivity index (χ1) is 14.3. The van der Waals surface area contributed by atoms with Crippen molar-refractivity contribution in [3.63, 3.8) is 0 Å². The molecule has 0 bridgehead atoms. The second kappa shape index (κ2) is 11.2. The van der Waals surface area contributed by atoms with Gasteiger partial charge < -0.3 is 19.7 Å². The summed E-state index contributed by atoms with van der Waals surface area (Å²) in [5, 5.41) is 15.8. The Hall–Kier alpha value is -3.12. The van der Waals surface area contributed by atoms with Crippen LogP contribution in [0, 0.1) is 10.1 Å². The molecule has 2 amide bonds. The van der Waals surface area contributed by atoms with Gasteiger partial charge in [-0.25, -0.2) is 0 Å². The lowest BCUT2D eigenvalue weighted by Gasteiger charge is -2.36. The molecule has 0 saturated carbocycles. The maximum Gasteiger partial charge on any atom is 0.308 e. The van der Waals surface area contributed by atoms with Crippen LogP contribution in [0.5, 0.6) is 0 Å². The molecule has 1 aromatic carbocycles. The van der Waals surface area contributed by atoms with Crippen molar-refractivity contribution >= 4 is 40.8 Å². The van der Waals surface area contributed by atoms with Gasteiger partial charge in [0.1, 0.15) is 12.6 Å². The molecule has 11 nitrogen and oxygen atoms in total. The fourth-order valence-corrected chi connectivity index (χ4v) is 3.02. The van der Waals surface area contributed by atoms with Gasteiger partial charge in [-0.1, -0.05) is 0 Å². The van der Waals surface area contributed by atoms with E-state index in [1.165, 1.54) is 29.2 Å². The summed E-state index contributed by atoms with van der Waals surface area (Å²) in [4.78, 5) is 48.3. The van der Waals surface area contributed by atoms with E-state index in [1.54, 1.807) is 0 Å². The van der Waals surface area contributed by atoms with Crippen LogP contribution >= 0.6 is 12.2 Å². The molecule has 1 unspecified atom stereocenters. The summed E-state index contributed by atoms with van der Waals surface area (Å²) in [6.07, 6.45) is -0.245. The number of carbonyl (C=O) groups excluding carboxylic acids is 3. The molecular weight excluding hydrogens is 416 g/mol. The Labute approximate surface area is 177 Å². The summed E-state index contributed by atoms with van der Waals surface area (Å²) in [6, 6.07) is 4.07. The number of benzene rings is 1. The lowest BCUT2D eigenvalue weighted by molar-refractivity contribution is -0.384. The highest BCUT2D eigenvalue weighted by Gasteiger charge is 2.34. The van der Waals surface area contributed by atoms with Crippen molar-refractivity contribution in [1.29, 1.82) is 0 Å². The van der Waals surface area contributed by atoms with Gasteiger partial charge in [-0.15, -0.1) is 0 Å². The van der Waals surface area contributed by atoms with Gasteiger partial charge in [-0.3, -0.25) is 29.8 Å². The minimum atomic E-state index is -0.928. The standard InChI is InChI=1S/C18H22N4O7S/c1-2-28-9-10-29-15(23)11-14-17(25)19-7-8-21(14)18(30)20-16(24)12-3-5-13(6-4-12)22(26)27/h3-6,14H,2,7-11H2,1H3,(H,19,25)(H,20,24,30).